The number of rotatable bonds is 0. The molecule has 66 valence electrons. The van der Waals surface area contributed by atoms with Gasteiger partial charge in [0.15, 0.2) is 0 Å². The first kappa shape index (κ1) is 10.9. The molecule has 1 aliphatic rings. The van der Waals surface area contributed by atoms with Crippen molar-refractivity contribution in [3.8, 4) is 24.8 Å². The van der Waals surface area contributed by atoms with Crippen LogP contribution < -0.4 is 0 Å². The van der Waals surface area contributed by atoms with Crippen LogP contribution in [0.3, 0.4) is 0 Å². The Morgan fingerprint density at radius 1 is 1.08 bits per heavy atom. The summed E-state index contributed by atoms with van der Waals surface area (Å²) >= 11 is 0. The van der Waals surface area contributed by atoms with E-state index in [4.69, 9.17) is 6.42 Å². The van der Waals surface area contributed by atoms with E-state index in [1.807, 2.05) is 4.90 Å². The molecule has 0 spiro atoms. The van der Waals surface area contributed by atoms with E-state index in [0.29, 0.717) is 0 Å². The number of likely N-dealkylation sites (N-methyl/N-ethyl adjacent to an activating group) is 1. The lowest BCUT2D eigenvalue weighted by Gasteiger charge is -2.29. The Balaban J connectivity index is 0.000000354. The summed E-state index contributed by atoms with van der Waals surface area (Å²) in [6.07, 6.45) is 9.80. The Labute approximate surface area is 75.5 Å². The Morgan fingerprint density at radius 3 is 1.83 bits per heavy atom. The SMILES string of the molecule is C#CC.C#CN1CCN(C)CC1. The number of hydrogen-bond acceptors (Lipinski definition) is 2. The molecule has 0 radical (unpaired) electrons. The van der Waals surface area contributed by atoms with Crippen molar-refractivity contribution in [2.75, 3.05) is 33.2 Å². The van der Waals surface area contributed by atoms with Gasteiger partial charge in [-0.15, -0.1) is 12.3 Å². The van der Waals surface area contributed by atoms with Crippen LogP contribution in [0.5, 0.6) is 0 Å². The normalized spacial score (nSPS) is 16.8. The van der Waals surface area contributed by atoms with Crippen molar-refractivity contribution in [3.05, 3.63) is 0 Å². The number of terminal acetylenes is 2. The molecule has 0 aromatic heterocycles. The van der Waals surface area contributed by atoms with Gasteiger partial charge in [0.25, 0.3) is 0 Å². The fraction of sp³-hybridized carbons (Fsp3) is 0.600. The van der Waals surface area contributed by atoms with Crippen molar-refractivity contribution in [1.82, 2.24) is 9.80 Å². The van der Waals surface area contributed by atoms with Crippen molar-refractivity contribution < 1.29 is 0 Å². The van der Waals surface area contributed by atoms with E-state index in [2.05, 4.69) is 30.3 Å². The molecule has 0 N–H and O–H groups in total. The summed E-state index contributed by atoms with van der Waals surface area (Å²) < 4.78 is 0. The summed E-state index contributed by atoms with van der Waals surface area (Å²) in [5.74, 6) is 2.25. The minimum atomic E-state index is 1.02. The Bertz CT molecular complexity index is 177. The van der Waals surface area contributed by atoms with Crippen LogP contribution in [0.1, 0.15) is 6.92 Å². The fourth-order valence-electron chi connectivity index (χ4n) is 0.936. The second-order valence-electron chi connectivity index (χ2n) is 2.71. The van der Waals surface area contributed by atoms with Crippen LogP contribution in [0.15, 0.2) is 0 Å². The average Bonchev–Trinajstić information content (AvgIpc) is 2.07. The van der Waals surface area contributed by atoms with Gasteiger partial charge in [0.1, 0.15) is 0 Å². The van der Waals surface area contributed by atoms with Crippen LogP contribution in [-0.4, -0.2) is 43.0 Å². The molecule has 2 heteroatoms. The zero-order valence-electron chi connectivity index (χ0n) is 7.88. The van der Waals surface area contributed by atoms with Gasteiger partial charge >= 0.3 is 0 Å². The van der Waals surface area contributed by atoms with Crippen LogP contribution >= 0.6 is 0 Å². The molecule has 2 nitrogen and oxygen atoms in total. The van der Waals surface area contributed by atoms with Crippen LogP contribution in [0.25, 0.3) is 0 Å². The van der Waals surface area contributed by atoms with Crippen molar-refractivity contribution in [1.29, 1.82) is 0 Å². The van der Waals surface area contributed by atoms with Gasteiger partial charge in [-0.1, -0.05) is 6.42 Å². The van der Waals surface area contributed by atoms with Gasteiger partial charge in [-0.2, -0.15) is 0 Å². The quantitative estimate of drug-likeness (QED) is 0.480. The third-order valence-corrected chi connectivity index (χ3v) is 1.69. The maximum Gasteiger partial charge on any atom is 0.0388 e. The summed E-state index contributed by atoms with van der Waals surface area (Å²) in [5.41, 5.74) is 0. The van der Waals surface area contributed by atoms with Gasteiger partial charge in [-0.25, -0.2) is 0 Å². The van der Waals surface area contributed by atoms with Crippen LogP contribution in [0, 0.1) is 24.8 Å². The minimum Gasteiger partial charge on any atom is -0.330 e. The van der Waals surface area contributed by atoms with E-state index in [1.165, 1.54) is 0 Å². The summed E-state index contributed by atoms with van der Waals surface area (Å²) in [7, 11) is 2.12. The second-order valence-corrected chi connectivity index (χ2v) is 2.71. The van der Waals surface area contributed by atoms with Gasteiger partial charge < -0.3 is 9.80 Å². The average molecular weight is 164 g/mol. The highest BCUT2D eigenvalue weighted by molar-refractivity contribution is 4.87. The zero-order chi connectivity index (χ0) is 9.40. The highest BCUT2D eigenvalue weighted by atomic mass is 15.2. The first-order valence-electron chi connectivity index (χ1n) is 4.01. The maximum absolute atomic E-state index is 5.21. The molecular weight excluding hydrogens is 148 g/mol. The predicted molar refractivity (Wildman–Crippen MR) is 52.4 cm³/mol. The standard InChI is InChI=1S/C7H12N2.C3H4/c1-3-9-6-4-8(2)5-7-9;1-3-2/h1H,4-7H2,2H3;1H,2H3. The summed E-state index contributed by atoms with van der Waals surface area (Å²) in [4.78, 5) is 4.30. The molecule has 1 saturated heterocycles. The highest BCUT2D eigenvalue weighted by Crippen LogP contribution is 1.95. The third kappa shape index (κ3) is 4.66. The monoisotopic (exact) mass is 164 g/mol. The Hall–Kier alpha value is -1.12. The molecule has 0 aromatic rings. The smallest absolute Gasteiger partial charge is 0.0388 e. The highest BCUT2D eigenvalue weighted by Gasteiger charge is 2.09. The fourth-order valence-corrected chi connectivity index (χ4v) is 0.936. The van der Waals surface area contributed by atoms with E-state index in [-0.39, 0.29) is 0 Å². The van der Waals surface area contributed by atoms with Crippen molar-refractivity contribution in [3.63, 3.8) is 0 Å². The largest absolute Gasteiger partial charge is 0.330 e. The Kier molecular flexibility index (Phi) is 5.97. The van der Waals surface area contributed by atoms with Crippen LogP contribution in [-0.2, 0) is 0 Å². The molecule has 0 bridgehead atoms. The molecular formula is C10H16N2. The topological polar surface area (TPSA) is 6.48 Å². The predicted octanol–water partition coefficient (Wildman–Crippen LogP) is 0.464. The van der Waals surface area contributed by atoms with Gasteiger partial charge in [0, 0.05) is 32.2 Å². The molecule has 1 heterocycles. The minimum absolute atomic E-state index is 1.02. The van der Waals surface area contributed by atoms with Crippen molar-refractivity contribution in [2.24, 2.45) is 0 Å². The van der Waals surface area contributed by atoms with E-state index in [1.54, 1.807) is 6.92 Å². The molecule has 0 aromatic carbocycles. The van der Waals surface area contributed by atoms with Crippen LogP contribution in [0.4, 0.5) is 0 Å². The molecule has 0 saturated carbocycles. The van der Waals surface area contributed by atoms with Gasteiger partial charge in [0.05, 0.1) is 0 Å². The molecule has 0 aliphatic carbocycles. The van der Waals surface area contributed by atoms with E-state index >= 15 is 0 Å². The lowest BCUT2D eigenvalue weighted by Crippen LogP contribution is -2.41. The van der Waals surface area contributed by atoms with Gasteiger partial charge in [-0.3, -0.25) is 0 Å². The zero-order valence-corrected chi connectivity index (χ0v) is 7.88. The second kappa shape index (κ2) is 6.58. The Morgan fingerprint density at radius 2 is 1.50 bits per heavy atom. The van der Waals surface area contributed by atoms with Gasteiger partial charge in [-0.05, 0) is 14.0 Å². The lowest BCUT2D eigenvalue weighted by atomic mass is 10.3. The first-order chi connectivity index (χ1) is 5.74. The van der Waals surface area contributed by atoms with Crippen molar-refractivity contribution >= 4 is 0 Å². The van der Waals surface area contributed by atoms with E-state index in [0.717, 1.165) is 26.2 Å². The first-order valence-corrected chi connectivity index (χ1v) is 4.01. The van der Waals surface area contributed by atoms with E-state index in [9.17, 15) is 0 Å². The maximum atomic E-state index is 5.21. The molecule has 1 rings (SSSR count). The summed E-state index contributed by atoms with van der Waals surface area (Å²) in [6, 6.07) is 2.63. The number of piperazine rings is 1. The molecule has 0 unspecified atom stereocenters. The third-order valence-electron chi connectivity index (χ3n) is 1.69. The number of nitrogens with zero attached hydrogens (tertiary/aromatic N) is 2. The molecule has 0 amide bonds. The molecule has 0 atom stereocenters. The molecule has 1 fully saturated rings. The summed E-state index contributed by atoms with van der Waals surface area (Å²) in [5, 5.41) is 0. The summed E-state index contributed by atoms with van der Waals surface area (Å²) in [6.45, 7) is 5.90. The molecule has 12 heavy (non-hydrogen) atoms. The molecule has 1 aliphatic heterocycles. The lowest BCUT2D eigenvalue weighted by molar-refractivity contribution is 0.207. The van der Waals surface area contributed by atoms with Crippen LogP contribution in [0.2, 0.25) is 0 Å². The number of hydrogen-bond donors (Lipinski definition) is 0. The van der Waals surface area contributed by atoms with Gasteiger partial charge in [0.2, 0.25) is 0 Å². The van der Waals surface area contributed by atoms with E-state index < -0.39 is 0 Å². The van der Waals surface area contributed by atoms with Crippen molar-refractivity contribution in [2.45, 2.75) is 6.92 Å².